The smallest absolute Gasteiger partial charge is 0.274 e. The van der Waals surface area contributed by atoms with Crippen molar-refractivity contribution in [2.24, 2.45) is 0 Å². The molecule has 0 aliphatic carbocycles. The first-order valence-electron chi connectivity index (χ1n) is 8.95. The highest BCUT2D eigenvalue weighted by Gasteiger charge is 2.22. The van der Waals surface area contributed by atoms with Gasteiger partial charge in [-0.3, -0.25) is 14.8 Å². The molecule has 3 aromatic heterocycles. The van der Waals surface area contributed by atoms with Crippen LogP contribution in [-0.2, 0) is 6.54 Å². The third kappa shape index (κ3) is 3.96. The Morgan fingerprint density at radius 2 is 1.93 bits per heavy atom. The van der Waals surface area contributed by atoms with Gasteiger partial charge in [-0.05, 0) is 48.5 Å². The number of pyridine rings is 2. The van der Waals surface area contributed by atoms with E-state index in [1.165, 1.54) is 0 Å². The van der Waals surface area contributed by atoms with Crippen LogP contribution >= 0.6 is 0 Å². The zero-order valence-electron chi connectivity index (χ0n) is 15.7. The number of hydrogen-bond donors (Lipinski definition) is 1. The highest BCUT2D eigenvalue weighted by atomic mass is 16.5. The molecule has 0 fully saturated rings. The Bertz CT molecular complexity index is 1100. The average Bonchev–Trinajstić information content (AvgIpc) is 3.24. The van der Waals surface area contributed by atoms with E-state index in [4.69, 9.17) is 4.74 Å². The average molecular weight is 386 g/mol. The van der Waals surface area contributed by atoms with E-state index in [1.54, 1.807) is 36.4 Å². The van der Waals surface area contributed by atoms with Gasteiger partial charge in [0.25, 0.3) is 5.91 Å². The Labute approximate surface area is 167 Å². The molecule has 0 saturated carbocycles. The molecule has 0 saturated heterocycles. The second-order valence-corrected chi connectivity index (χ2v) is 6.14. The largest absolute Gasteiger partial charge is 0.497 e. The highest BCUT2D eigenvalue weighted by molar-refractivity contribution is 5.98. The van der Waals surface area contributed by atoms with E-state index >= 15 is 0 Å². The van der Waals surface area contributed by atoms with Crippen LogP contribution in [0.5, 0.6) is 5.75 Å². The molecule has 0 bridgehead atoms. The summed E-state index contributed by atoms with van der Waals surface area (Å²) >= 11 is 0. The Hall–Kier alpha value is -4.07. The lowest BCUT2D eigenvalue weighted by Crippen LogP contribution is -2.24. The predicted molar refractivity (Wildman–Crippen MR) is 107 cm³/mol. The van der Waals surface area contributed by atoms with Gasteiger partial charge in [0.05, 0.1) is 25.0 Å². The Morgan fingerprint density at radius 3 is 2.62 bits per heavy atom. The monoisotopic (exact) mass is 386 g/mol. The standard InChI is InChI=1S/C21H18N6O2/c1-29-18-9-7-17(8-10-18)27-20(15-5-4-11-22-13-15)19(25-26-27)21(28)24-14-16-6-2-3-12-23-16/h2-13H,14H2,1H3,(H,24,28). The molecule has 0 aliphatic heterocycles. The summed E-state index contributed by atoms with van der Waals surface area (Å²) in [4.78, 5) is 21.2. The van der Waals surface area contributed by atoms with E-state index in [9.17, 15) is 4.79 Å². The van der Waals surface area contributed by atoms with Crippen LogP contribution in [0.3, 0.4) is 0 Å². The fourth-order valence-corrected chi connectivity index (χ4v) is 2.86. The first-order valence-corrected chi connectivity index (χ1v) is 8.95. The van der Waals surface area contributed by atoms with E-state index in [2.05, 4.69) is 25.6 Å². The molecule has 0 aliphatic rings. The van der Waals surface area contributed by atoms with Crippen molar-refractivity contribution in [1.82, 2.24) is 30.3 Å². The van der Waals surface area contributed by atoms with E-state index in [1.807, 2.05) is 48.5 Å². The number of carbonyl (C=O) groups excluding carboxylic acids is 1. The van der Waals surface area contributed by atoms with Crippen LogP contribution in [0.2, 0.25) is 0 Å². The highest BCUT2D eigenvalue weighted by Crippen LogP contribution is 2.25. The third-order valence-corrected chi connectivity index (χ3v) is 4.29. The molecule has 29 heavy (non-hydrogen) atoms. The van der Waals surface area contributed by atoms with Crippen LogP contribution in [-0.4, -0.2) is 38.0 Å². The number of amides is 1. The molecule has 1 amide bonds. The molecule has 0 radical (unpaired) electrons. The maximum atomic E-state index is 12.9. The summed E-state index contributed by atoms with van der Waals surface area (Å²) in [5.41, 5.74) is 3.01. The van der Waals surface area contributed by atoms with Gasteiger partial charge in [-0.25, -0.2) is 4.68 Å². The lowest BCUT2D eigenvalue weighted by atomic mass is 10.1. The summed E-state index contributed by atoms with van der Waals surface area (Å²) in [6, 6.07) is 16.6. The zero-order valence-corrected chi connectivity index (χ0v) is 15.7. The second-order valence-electron chi connectivity index (χ2n) is 6.14. The van der Waals surface area contributed by atoms with Gasteiger partial charge in [0.15, 0.2) is 5.69 Å². The van der Waals surface area contributed by atoms with Crippen LogP contribution < -0.4 is 10.1 Å². The van der Waals surface area contributed by atoms with Crippen molar-refractivity contribution in [3.05, 3.63) is 84.6 Å². The molecular weight excluding hydrogens is 368 g/mol. The topological polar surface area (TPSA) is 94.8 Å². The predicted octanol–water partition coefficient (Wildman–Crippen LogP) is 2.66. The van der Waals surface area contributed by atoms with Crippen molar-refractivity contribution in [3.8, 4) is 22.7 Å². The van der Waals surface area contributed by atoms with Crippen molar-refractivity contribution in [2.45, 2.75) is 6.54 Å². The summed E-state index contributed by atoms with van der Waals surface area (Å²) < 4.78 is 6.83. The molecule has 144 valence electrons. The number of nitrogens with zero attached hydrogens (tertiary/aromatic N) is 5. The number of ether oxygens (including phenoxy) is 1. The van der Waals surface area contributed by atoms with Gasteiger partial charge >= 0.3 is 0 Å². The summed E-state index contributed by atoms with van der Waals surface area (Å²) in [7, 11) is 1.61. The van der Waals surface area contributed by atoms with Crippen LogP contribution in [0.25, 0.3) is 16.9 Å². The maximum Gasteiger partial charge on any atom is 0.274 e. The molecule has 1 aromatic carbocycles. The molecule has 0 atom stereocenters. The quantitative estimate of drug-likeness (QED) is 0.547. The van der Waals surface area contributed by atoms with Crippen molar-refractivity contribution in [1.29, 1.82) is 0 Å². The SMILES string of the molecule is COc1ccc(-n2nnc(C(=O)NCc3ccccn3)c2-c2cccnc2)cc1. The van der Waals surface area contributed by atoms with Crippen LogP contribution in [0.4, 0.5) is 0 Å². The van der Waals surface area contributed by atoms with Gasteiger partial charge in [0.2, 0.25) is 0 Å². The molecule has 8 nitrogen and oxygen atoms in total. The van der Waals surface area contributed by atoms with Gasteiger partial charge < -0.3 is 10.1 Å². The summed E-state index contributed by atoms with van der Waals surface area (Å²) in [5, 5.41) is 11.2. The van der Waals surface area contributed by atoms with E-state index in [0.717, 1.165) is 22.7 Å². The number of hydrogen-bond acceptors (Lipinski definition) is 6. The van der Waals surface area contributed by atoms with Gasteiger partial charge in [-0.15, -0.1) is 5.10 Å². The summed E-state index contributed by atoms with van der Waals surface area (Å²) in [6.07, 6.45) is 5.03. The number of nitrogens with one attached hydrogen (secondary N) is 1. The fraction of sp³-hybridized carbons (Fsp3) is 0.0952. The van der Waals surface area contributed by atoms with Gasteiger partial charge in [0, 0.05) is 24.2 Å². The fourth-order valence-electron chi connectivity index (χ4n) is 2.86. The molecule has 4 aromatic rings. The number of rotatable bonds is 6. The first-order chi connectivity index (χ1) is 14.3. The first kappa shape index (κ1) is 18.3. The van der Waals surface area contributed by atoms with Gasteiger partial charge in [-0.2, -0.15) is 0 Å². The molecule has 3 heterocycles. The minimum Gasteiger partial charge on any atom is -0.497 e. The number of carbonyl (C=O) groups is 1. The summed E-state index contributed by atoms with van der Waals surface area (Å²) in [6.45, 7) is 0.293. The molecule has 4 rings (SSSR count). The molecule has 0 unspecified atom stereocenters. The van der Waals surface area contributed by atoms with E-state index in [-0.39, 0.29) is 11.6 Å². The van der Waals surface area contributed by atoms with Gasteiger partial charge in [0.1, 0.15) is 11.4 Å². The van der Waals surface area contributed by atoms with Crippen LogP contribution in [0.1, 0.15) is 16.2 Å². The Morgan fingerprint density at radius 1 is 1.07 bits per heavy atom. The van der Waals surface area contributed by atoms with Crippen LogP contribution in [0, 0.1) is 0 Å². The third-order valence-electron chi connectivity index (χ3n) is 4.29. The minimum atomic E-state index is -0.339. The molecular formula is C21H18N6O2. The Balaban J connectivity index is 1.70. The second kappa shape index (κ2) is 8.30. The Kier molecular flexibility index (Phi) is 5.24. The lowest BCUT2D eigenvalue weighted by molar-refractivity contribution is 0.0946. The lowest BCUT2D eigenvalue weighted by Gasteiger charge is -2.09. The van der Waals surface area contributed by atoms with E-state index < -0.39 is 0 Å². The number of methoxy groups -OCH3 is 1. The van der Waals surface area contributed by atoms with Gasteiger partial charge in [-0.1, -0.05) is 11.3 Å². The van der Waals surface area contributed by atoms with E-state index in [0.29, 0.717) is 12.2 Å². The van der Waals surface area contributed by atoms with Crippen molar-refractivity contribution in [2.75, 3.05) is 7.11 Å². The van der Waals surface area contributed by atoms with Crippen molar-refractivity contribution in [3.63, 3.8) is 0 Å². The normalized spacial score (nSPS) is 10.5. The van der Waals surface area contributed by atoms with Crippen LogP contribution in [0.15, 0.2) is 73.2 Å². The molecule has 1 N–H and O–H groups in total. The summed E-state index contributed by atoms with van der Waals surface area (Å²) in [5.74, 6) is 0.388. The minimum absolute atomic E-state index is 0.213. The molecule has 8 heteroatoms. The van der Waals surface area contributed by atoms with Crippen molar-refractivity contribution >= 4 is 5.91 Å². The maximum absolute atomic E-state index is 12.9. The number of benzene rings is 1. The van der Waals surface area contributed by atoms with Crippen molar-refractivity contribution < 1.29 is 9.53 Å². The number of aromatic nitrogens is 5. The zero-order chi connectivity index (χ0) is 20.1. The molecule has 0 spiro atoms.